The second-order valence-electron chi connectivity index (χ2n) is 7.91. The van der Waals surface area contributed by atoms with Gasteiger partial charge in [-0.2, -0.15) is 0 Å². The van der Waals surface area contributed by atoms with Crippen molar-refractivity contribution in [2.75, 3.05) is 16.8 Å². The first-order valence-electron chi connectivity index (χ1n) is 10.8. The lowest BCUT2D eigenvalue weighted by Gasteiger charge is -2.27. The van der Waals surface area contributed by atoms with Crippen molar-refractivity contribution in [3.63, 3.8) is 0 Å². The van der Waals surface area contributed by atoms with Crippen LogP contribution in [-0.4, -0.2) is 30.4 Å². The highest BCUT2D eigenvalue weighted by Crippen LogP contribution is 2.30. The second-order valence-corrected chi connectivity index (χ2v) is 9.27. The molecule has 3 aromatic rings. The predicted octanol–water partition coefficient (Wildman–Crippen LogP) is 5.23. The SMILES string of the molecule is Cc1ccc(Cl)cc1N1C(=O)NC(=O)/C(=C\c2cc(Br)ccc2OCC(=O)Nc2ccc(F)cc2)C1=O. The molecule has 0 bridgehead atoms. The minimum atomic E-state index is -0.902. The van der Waals surface area contributed by atoms with Crippen molar-refractivity contribution in [3.05, 3.63) is 92.7 Å². The number of ether oxygens (including phenoxy) is 1. The van der Waals surface area contributed by atoms with Gasteiger partial charge in [0.1, 0.15) is 17.1 Å². The number of amides is 5. The number of hydrogen-bond acceptors (Lipinski definition) is 5. The van der Waals surface area contributed by atoms with Crippen LogP contribution in [0, 0.1) is 12.7 Å². The molecule has 37 heavy (non-hydrogen) atoms. The number of imide groups is 2. The Balaban J connectivity index is 1.60. The molecule has 0 aliphatic carbocycles. The van der Waals surface area contributed by atoms with Gasteiger partial charge in [-0.1, -0.05) is 33.6 Å². The van der Waals surface area contributed by atoms with Gasteiger partial charge >= 0.3 is 6.03 Å². The van der Waals surface area contributed by atoms with Gasteiger partial charge in [-0.3, -0.25) is 19.7 Å². The number of nitrogens with one attached hydrogen (secondary N) is 2. The van der Waals surface area contributed by atoms with E-state index in [2.05, 4.69) is 26.6 Å². The van der Waals surface area contributed by atoms with Crippen LogP contribution in [0.5, 0.6) is 5.75 Å². The Morgan fingerprint density at radius 3 is 2.57 bits per heavy atom. The molecule has 2 N–H and O–H groups in total. The third kappa shape index (κ3) is 6.04. The largest absolute Gasteiger partial charge is 0.483 e. The third-order valence-electron chi connectivity index (χ3n) is 5.27. The van der Waals surface area contributed by atoms with Crippen molar-refractivity contribution in [3.8, 4) is 5.75 Å². The van der Waals surface area contributed by atoms with Crippen molar-refractivity contribution in [2.24, 2.45) is 0 Å². The number of rotatable bonds is 6. The summed E-state index contributed by atoms with van der Waals surface area (Å²) in [7, 11) is 0. The lowest BCUT2D eigenvalue weighted by Crippen LogP contribution is -2.54. The summed E-state index contributed by atoms with van der Waals surface area (Å²) in [6.45, 7) is 1.30. The summed E-state index contributed by atoms with van der Waals surface area (Å²) in [5, 5.41) is 5.05. The van der Waals surface area contributed by atoms with Crippen molar-refractivity contribution < 1.29 is 28.3 Å². The van der Waals surface area contributed by atoms with Gasteiger partial charge < -0.3 is 10.1 Å². The number of barbiturate groups is 1. The van der Waals surface area contributed by atoms with Gasteiger partial charge in [0.2, 0.25) is 0 Å². The summed E-state index contributed by atoms with van der Waals surface area (Å²) in [6.07, 6.45) is 1.27. The molecule has 0 atom stereocenters. The molecule has 4 rings (SSSR count). The molecule has 1 aliphatic rings. The highest BCUT2D eigenvalue weighted by Gasteiger charge is 2.37. The van der Waals surface area contributed by atoms with Crippen LogP contribution >= 0.6 is 27.5 Å². The number of carbonyl (C=O) groups is 4. The summed E-state index contributed by atoms with van der Waals surface area (Å²) >= 11 is 9.40. The Morgan fingerprint density at radius 2 is 1.84 bits per heavy atom. The molecular weight excluding hydrogens is 569 g/mol. The van der Waals surface area contributed by atoms with Gasteiger partial charge in [0.25, 0.3) is 17.7 Å². The van der Waals surface area contributed by atoms with Gasteiger partial charge in [-0.25, -0.2) is 14.1 Å². The molecule has 0 saturated carbocycles. The Bertz CT molecular complexity index is 1460. The fourth-order valence-electron chi connectivity index (χ4n) is 3.49. The van der Waals surface area contributed by atoms with Gasteiger partial charge in [0.05, 0.1) is 5.69 Å². The molecule has 188 valence electrons. The maximum atomic E-state index is 13.3. The molecule has 5 amide bonds. The molecule has 1 heterocycles. The molecule has 0 aromatic heterocycles. The number of benzene rings is 3. The van der Waals surface area contributed by atoms with E-state index in [1.807, 2.05) is 0 Å². The average molecular weight is 587 g/mol. The quantitative estimate of drug-likeness (QED) is 0.304. The lowest BCUT2D eigenvalue weighted by atomic mass is 10.0. The predicted molar refractivity (Wildman–Crippen MR) is 140 cm³/mol. The van der Waals surface area contributed by atoms with Crippen LogP contribution in [0.25, 0.3) is 6.08 Å². The number of aryl methyl sites for hydroxylation is 1. The highest BCUT2D eigenvalue weighted by atomic mass is 79.9. The number of halogens is 3. The zero-order valence-electron chi connectivity index (χ0n) is 19.2. The standard InChI is InChI=1S/C26H18BrClFN3O5/c1-14-2-4-17(28)12-21(14)32-25(35)20(24(34)31-26(32)36)11-15-10-16(27)3-9-22(15)37-13-23(33)30-19-7-5-18(29)6-8-19/h2-12H,13H2,1H3,(H,30,33)(H,31,34,36)/b20-11+. The van der Waals surface area contributed by atoms with Crippen LogP contribution in [0.3, 0.4) is 0 Å². The average Bonchev–Trinajstić information content (AvgIpc) is 2.84. The minimum absolute atomic E-state index is 0.202. The molecular formula is C26H18BrClFN3O5. The smallest absolute Gasteiger partial charge is 0.335 e. The number of anilines is 2. The fraction of sp³-hybridized carbons (Fsp3) is 0.0769. The molecule has 1 fully saturated rings. The van der Waals surface area contributed by atoms with Crippen molar-refractivity contribution in [2.45, 2.75) is 6.92 Å². The Hall–Kier alpha value is -4.02. The fourth-order valence-corrected chi connectivity index (χ4v) is 4.04. The summed E-state index contributed by atoms with van der Waals surface area (Å²) in [6, 6.07) is 13.8. The van der Waals surface area contributed by atoms with E-state index in [0.717, 1.165) is 4.90 Å². The van der Waals surface area contributed by atoms with E-state index in [9.17, 15) is 23.6 Å². The summed E-state index contributed by atoms with van der Waals surface area (Å²) in [5.74, 6) is -2.47. The molecule has 3 aromatic carbocycles. The molecule has 1 aliphatic heterocycles. The van der Waals surface area contributed by atoms with E-state index in [4.69, 9.17) is 16.3 Å². The van der Waals surface area contributed by atoms with Crippen LogP contribution in [0.15, 0.2) is 70.7 Å². The molecule has 0 radical (unpaired) electrons. The van der Waals surface area contributed by atoms with E-state index < -0.39 is 36.2 Å². The number of nitrogens with zero attached hydrogens (tertiary/aromatic N) is 1. The van der Waals surface area contributed by atoms with Gasteiger partial charge in [-0.15, -0.1) is 0 Å². The van der Waals surface area contributed by atoms with Crippen LogP contribution in [0.2, 0.25) is 5.02 Å². The molecule has 0 spiro atoms. The van der Waals surface area contributed by atoms with E-state index >= 15 is 0 Å². The Labute approximate surface area is 224 Å². The van der Waals surface area contributed by atoms with Crippen LogP contribution < -0.4 is 20.3 Å². The van der Waals surface area contributed by atoms with Gasteiger partial charge in [0, 0.05) is 20.7 Å². The minimum Gasteiger partial charge on any atom is -0.483 e. The highest BCUT2D eigenvalue weighted by molar-refractivity contribution is 9.10. The first-order chi connectivity index (χ1) is 17.6. The van der Waals surface area contributed by atoms with Gasteiger partial charge in [-0.05, 0) is 73.2 Å². The van der Waals surface area contributed by atoms with E-state index in [0.29, 0.717) is 26.3 Å². The van der Waals surface area contributed by atoms with Crippen molar-refractivity contribution in [1.29, 1.82) is 0 Å². The molecule has 11 heteroatoms. The van der Waals surface area contributed by atoms with Crippen LogP contribution in [-0.2, 0) is 14.4 Å². The Kier molecular flexibility index (Phi) is 7.70. The summed E-state index contributed by atoms with van der Waals surface area (Å²) < 4.78 is 19.3. The monoisotopic (exact) mass is 585 g/mol. The van der Waals surface area contributed by atoms with Gasteiger partial charge in [0.15, 0.2) is 6.61 Å². The lowest BCUT2D eigenvalue weighted by molar-refractivity contribution is -0.122. The van der Waals surface area contributed by atoms with Crippen LogP contribution in [0.1, 0.15) is 11.1 Å². The zero-order chi connectivity index (χ0) is 26.7. The molecule has 0 unspecified atom stereocenters. The first kappa shape index (κ1) is 26.1. The van der Waals surface area contributed by atoms with Crippen molar-refractivity contribution >= 4 is 68.7 Å². The zero-order valence-corrected chi connectivity index (χ0v) is 21.5. The number of hydrogen-bond donors (Lipinski definition) is 2. The number of carbonyl (C=O) groups excluding carboxylic acids is 4. The second kappa shape index (κ2) is 10.9. The summed E-state index contributed by atoms with van der Waals surface area (Å²) in [5.41, 5.74) is 1.20. The normalized spacial score (nSPS) is 14.5. The van der Waals surface area contributed by atoms with Crippen LogP contribution in [0.4, 0.5) is 20.6 Å². The maximum Gasteiger partial charge on any atom is 0.335 e. The maximum absolute atomic E-state index is 13.3. The topological polar surface area (TPSA) is 105 Å². The number of urea groups is 1. The first-order valence-corrected chi connectivity index (χ1v) is 11.9. The van der Waals surface area contributed by atoms with E-state index in [-0.39, 0.29) is 17.0 Å². The third-order valence-corrected chi connectivity index (χ3v) is 6.00. The van der Waals surface area contributed by atoms with Crippen molar-refractivity contribution in [1.82, 2.24) is 5.32 Å². The van der Waals surface area contributed by atoms with E-state index in [1.54, 1.807) is 37.3 Å². The Morgan fingerprint density at radius 1 is 1.11 bits per heavy atom. The molecule has 1 saturated heterocycles. The summed E-state index contributed by atoms with van der Waals surface area (Å²) in [4.78, 5) is 51.6. The van der Waals surface area contributed by atoms with E-state index in [1.165, 1.54) is 36.4 Å². The molecule has 8 nitrogen and oxygen atoms in total.